The van der Waals surface area contributed by atoms with Gasteiger partial charge in [-0.2, -0.15) is 0 Å². The lowest BCUT2D eigenvalue weighted by atomic mass is 9.97. The minimum absolute atomic E-state index is 0.149. The van der Waals surface area contributed by atoms with Crippen molar-refractivity contribution in [2.24, 2.45) is 0 Å². The molecule has 0 heterocycles. The summed E-state index contributed by atoms with van der Waals surface area (Å²) < 4.78 is 42.1. The van der Waals surface area contributed by atoms with Crippen LogP contribution in [0.2, 0.25) is 0 Å². The third kappa shape index (κ3) is 2.92. The topological polar surface area (TPSA) is 12.0 Å². The minimum Gasteiger partial charge on any atom is -0.309 e. The first-order valence-electron chi connectivity index (χ1n) is 5.71. The molecule has 20 heavy (non-hydrogen) atoms. The molecule has 2 aromatic carbocycles. The Bertz CT molecular complexity index is 647. The van der Waals surface area contributed by atoms with Gasteiger partial charge < -0.3 is 5.32 Å². The highest BCUT2D eigenvalue weighted by atomic mass is 79.9. The van der Waals surface area contributed by atoms with Crippen LogP contribution in [-0.4, -0.2) is 7.05 Å². The number of benzene rings is 2. The second kappa shape index (κ2) is 6.28. The van der Waals surface area contributed by atoms with Gasteiger partial charge in [0.25, 0.3) is 0 Å². The van der Waals surface area contributed by atoms with Gasteiger partial charge >= 0.3 is 0 Å². The van der Waals surface area contributed by atoms with Crippen molar-refractivity contribution in [2.75, 3.05) is 7.05 Å². The Hall–Kier alpha value is -0.850. The fraction of sp³-hybridized carbons (Fsp3) is 0.143. The van der Waals surface area contributed by atoms with Crippen molar-refractivity contribution in [1.29, 1.82) is 0 Å². The van der Waals surface area contributed by atoms with E-state index in [1.165, 1.54) is 24.3 Å². The Morgan fingerprint density at radius 1 is 0.950 bits per heavy atom. The van der Waals surface area contributed by atoms with Crippen LogP contribution < -0.4 is 5.32 Å². The Morgan fingerprint density at radius 2 is 1.60 bits per heavy atom. The number of hydrogen-bond acceptors (Lipinski definition) is 1. The first-order valence-corrected chi connectivity index (χ1v) is 7.30. The second-order valence-corrected chi connectivity index (χ2v) is 5.86. The molecule has 0 aliphatic carbocycles. The molecule has 1 atom stereocenters. The largest absolute Gasteiger partial charge is 0.309 e. The van der Waals surface area contributed by atoms with Gasteiger partial charge in [0.05, 0.1) is 15.0 Å². The van der Waals surface area contributed by atoms with Crippen LogP contribution in [0.4, 0.5) is 13.2 Å². The highest BCUT2D eigenvalue weighted by molar-refractivity contribution is 9.10. The molecule has 2 aromatic rings. The van der Waals surface area contributed by atoms with Gasteiger partial charge in [-0.25, -0.2) is 13.2 Å². The van der Waals surface area contributed by atoms with Gasteiger partial charge in [0.1, 0.15) is 17.5 Å². The smallest absolute Gasteiger partial charge is 0.145 e. The molecule has 0 bridgehead atoms. The third-order valence-electron chi connectivity index (χ3n) is 2.93. The van der Waals surface area contributed by atoms with E-state index in [2.05, 4.69) is 37.2 Å². The summed E-state index contributed by atoms with van der Waals surface area (Å²) in [4.78, 5) is 0. The van der Waals surface area contributed by atoms with Gasteiger partial charge in [0, 0.05) is 5.56 Å². The lowest BCUT2D eigenvalue weighted by molar-refractivity contribution is 0.516. The van der Waals surface area contributed by atoms with Crippen molar-refractivity contribution in [3.05, 3.63) is 67.9 Å². The summed E-state index contributed by atoms with van der Waals surface area (Å²) in [6.45, 7) is 0. The minimum atomic E-state index is -0.782. The van der Waals surface area contributed by atoms with E-state index in [9.17, 15) is 13.2 Å². The summed E-state index contributed by atoms with van der Waals surface area (Å²) in [6.07, 6.45) is 0. The summed E-state index contributed by atoms with van der Waals surface area (Å²) in [7, 11) is 1.56. The summed E-state index contributed by atoms with van der Waals surface area (Å²) in [5, 5.41) is 2.81. The zero-order chi connectivity index (χ0) is 14.9. The van der Waals surface area contributed by atoms with Crippen LogP contribution in [0.3, 0.4) is 0 Å². The molecule has 6 heteroatoms. The van der Waals surface area contributed by atoms with E-state index in [-0.39, 0.29) is 10.0 Å². The van der Waals surface area contributed by atoms with E-state index in [0.29, 0.717) is 10.0 Å². The van der Waals surface area contributed by atoms with Crippen LogP contribution in [0.25, 0.3) is 0 Å². The van der Waals surface area contributed by atoms with Crippen molar-refractivity contribution in [2.45, 2.75) is 6.04 Å². The zero-order valence-electron chi connectivity index (χ0n) is 10.4. The Kier molecular flexibility index (Phi) is 4.88. The maximum Gasteiger partial charge on any atom is 0.145 e. The van der Waals surface area contributed by atoms with E-state index in [1.54, 1.807) is 13.1 Å². The van der Waals surface area contributed by atoms with Gasteiger partial charge in [0.2, 0.25) is 0 Å². The fourth-order valence-electron chi connectivity index (χ4n) is 1.98. The molecule has 106 valence electrons. The molecular weight excluding hydrogens is 399 g/mol. The van der Waals surface area contributed by atoms with Gasteiger partial charge in [-0.15, -0.1) is 0 Å². The van der Waals surface area contributed by atoms with Crippen molar-refractivity contribution < 1.29 is 13.2 Å². The summed E-state index contributed by atoms with van der Waals surface area (Å²) in [5.74, 6) is -1.88. The number of rotatable bonds is 3. The molecule has 0 amide bonds. The molecule has 0 saturated heterocycles. The highest BCUT2D eigenvalue weighted by Gasteiger charge is 2.23. The maximum atomic E-state index is 14.1. The normalized spacial score (nSPS) is 12.5. The molecule has 1 nitrogen and oxygen atoms in total. The van der Waals surface area contributed by atoms with Crippen LogP contribution in [0.5, 0.6) is 0 Å². The van der Waals surface area contributed by atoms with Crippen molar-refractivity contribution in [3.63, 3.8) is 0 Å². The van der Waals surface area contributed by atoms with E-state index >= 15 is 0 Å². The zero-order valence-corrected chi connectivity index (χ0v) is 13.5. The molecule has 0 aromatic heterocycles. The molecule has 0 saturated carbocycles. The standard InChI is InChI=1S/C14H10Br2F3N/c1-20-14(7-2-3-8(15)11(18)6-7)12-10(17)5-4-9(16)13(12)19/h2-6,14,20H,1H3. The third-order valence-corrected chi connectivity index (χ3v) is 4.19. The van der Waals surface area contributed by atoms with Crippen molar-refractivity contribution in [1.82, 2.24) is 5.32 Å². The fourth-order valence-corrected chi connectivity index (χ4v) is 2.57. The van der Waals surface area contributed by atoms with E-state index in [4.69, 9.17) is 0 Å². The first kappa shape index (κ1) is 15.5. The molecule has 0 spiro atoms. The monoisotopic (exact) mass is 407 g/mol. The van der Waals surface area contributed by atoms with Crippen molar-refractivity contribution >= 4 is 31.9 Å². The van der Waals surface area contributed by atoms with Crippen LogP contribution >= 0.6 is 31.9 Å². The average molecular weight is 409 g/mol. The maximum absolute atomic E-state index is 14.1. The number of nitrogens with one attached hydrogen (secondary N) is 1. The van der Waals surface area contributed by atoms with Gasteiger partial charge in [-0.3, -0.25) is 0 Å². The molecule has 0 radical (unpaired) electrons. The molecule has 2 rings (SSSR count). The van der Waals surface area contributed by atoms with Crippen LogP contribution in [0.15, 0.2) is 39.3 Å². The van der Waals surface area contributed by atoms with Crippen LogP contribution in [0, 0.1) is 17.5 Å². The Labute approximate surface area is 131 Å². The lowest BCUT2D eigenvalue weighted by Crippen LogP contribution is -2.21. The second-order valence-electron chi connectivity index (χ2n) is 4.15. The lowest BCUT2D eigenvalue weighted by Gasteiger charge is -2.19. The molecule has 1 N–H and O–H groups in total. The molecule has 0 aliphatic rings. The van der Waals surface area contributed by atoms with Gasteiger partial charge in [-0.1, -0.05) is 6.07 Å². The summed E-state index contributed by atoms with van der Waals surface area (Å²) >= 11 is 6.07. The van der Waals surface area contributed by atoms with Crippen molar-refractivity contribution in [3.8, 4) is 0 Å². The highest BCUT2D eigenvalue weighted by Crippen LogP contribution is 2.31. The molecular formula is C14H10Br2F3N. The predicted octanol–water partition coefficient (Wildman–Crippen LogP) is 4.94. The van der Waals surface area contributed by atoms with Crippen LogP contribution in [0.1, 0.15) is 17.2 Å². The molecule has 0 fully saturated rings. The van der Waals surface area contributed by atoms with Gasteiger partial charge in [0.15, 0.2) is 0 Å². The first-order chi connectivity index (χ1) is 9.45. The molecule has 1 unspecified atom stereocenters. The summed E-state index contributed by atoms with van der Waals surface area (Å²) in [6, 6.07) is 6.03. The van der Waals surface area contributed by atoms with E-state index < -0.39 is 23.5 Å². The summed E-state index contributed by atoms with van der Waals surface area (Å²) in [5.41, 5.74) is 0.285. The quantitative estimate of drug-likeness (QED) is 0.709. The Morgan fingerprint density at radius 3 is 2.20 bits per heavy atom. The Balaban J connectivity index is 2.58. The number of halogens is 5. The van der Waals surface area contributed by atoms with Gasteiger partial charge in [-0.05, 0) is 68.7 Å². The number of hydrogen-bond donors (Lipinski definition) is 1. The SMILES string of the molecule is CNC(c1ccc(Br)c(F)c1)c1c(F)ccc(Br)c1F. The van der Waals surface area contributed by atoms with E-state index in [0.717, 1.165) is 0 Å². The molecule has 0 aliphatic heterocycles. The van der Waals surface area contributed by atoms with Crippen LogP contribution in [-0.2, 0) is 0 Å². The van der Waals surface area contributed by atoms with E-state index in [1.807, 2.05) is 0 Å². The average Bonchev–Trinajstić information content (AvgIpc) is 2.42. The predicted molar refractivity (Wildman–Crippen MR) is 79.1 cm³/mol.